The van der Waals surface area contributed by atoms with Crippen LogP contribution in [-0.2, 0) is 14.8 Å². The van der Waals surface area contributed by atoms with Crippen molar-refractivity contribution < 1.29 is 18.3 Å². The number of aromatic nitrogens is 2. The van der Waals surface area contributed by atoms with E-state index >= 15 is 0 Å². The summed E-state index contributed by atoms with van der Waals surface area (Å²) in [4.78, 5) is 18.5. The first-order valence-electron chi connectivity index (χ1n) is 5.39. The molecule has 0 saturated carbocycles. The molecule has 0 aliphatic rings. The maximum atomic E-state index is 11.6. The lowest BCUT2D eigenvalue weighted by Gasteiger charge is -2.07. The first-order chi connectivity index (χ1) is 8.96. The molecule has 1 heterocycles. The van der Waals surface area contributed by atoms with Gasteiger partial charge in [0, 0.05) is 12.4 Å². The van der Waals surface area contributed by atoms with Crippen LogP contribution in [0.5, 0.6) is 0 Å². The lowest BCUT2D eigenvalue weighted by molar-refractivity contribution is -0.136. The Bertz CT molecular complexity index is 715. The Morgan fingerprint density at radius 3 is 2.58 bits per heavy atom. The lowest BCUT2D eigenvalue weighted by atomic mass is 10.3. The first-order valence-corrected chi connectivity index (χ1v) is 7.04. The van der Waals surface area contributed by atoms with Crippen LogP contribution >= 0.6 is 0 Å². The molecular formula is C11H11N3O4S. The van der Waals surface area contributed by atoms with Gasteiger partial charge in [-0.2, -0.15) is 0 Å². The van der Waals surface area contributed by atoms with E-state index in [2.05, 4.69) is 14.7 Å². The maximum Gasteiger partial charge on any atom is 0.304 e. The summed E-state index contributed by atoms with van der Waals surface area (Å²) in [6, 6.07) is 4.73. The van der Waals surface area contributed by atoms with E-state index in [0.29, 0.717) is 16.7 Å². The predicted molar refractivity (Wildman–Crippen MR) is 69.2 cm³/mol. The Hall–Kier alpha value is -2.22. The average Bonchev–Trinajstić information content (AvgIpc) is 2.36. The van der Waals surface area contributed by atoms with Crippen molar-refractivity contribution in [1.29, 1.82) is 0 Å². The Balaban J connectivity index is 2.19. The molecular weight excluding hydrogens is 270 g/mol. The molecule has 0 radical (unpaired) electrons. The van der Waals surface area contributed by atoms with Crippen molar-refractivity contribution in [1.82, 2.24) is 9.97 Å². The zero-order chi connectivity index (χ0) is 13.9. The number of nitrogens with zero attached hydrogens (tertiary/aromatic N) is 2. The van der Waals surface area contributed by atoms with Gasteiger partial charge in [0.1, 0.15) is 0 Å². The molecule has 2 aromatic rings. The number of carboxylic acids is 1. The van der Waals surface area contributed by atoms with E-state index in [4.69, 9.17) is 5.11 Å². The van der Waals surface area contributed by atoms with Gasteiger partial charge in [-0.05, 0) is 18.2 Å². The summed E-state index contributed by atoms with van der Waals surface area (Å²) < 4.78 is 25.6. The normalized spacial score (nSPS) is 11.4. The third kappa shape index (κ3) is 3.62. The van der Waals surface area contributed by atoms with Gasteiger partial charge in [-0.25, -0.2) is 8.42 Å². The fourth-order valence-corrected chi connectivity index (χ4v) is 2.51. The van der Waals surface area contributed by atoms with Crippen LogP contribution in [0.4, 0.5) is 5.69 Å². The van der Waals surface area contributed by atoms with Gasteiger partial charge in [-0.15, -0.1) is 0 Å². The third-order valence-corrected chi connectivity index (χ3v) is 3.62. The van der Waals surface area contributed by atoms with E-state index in [-0.39, 0.29) is 0 Å². The van der Waals surface area contributed by atoms with E-state index in [9.17, 15) is 13.2 Å². The summed E-state index contributed by atoms with van der Waals surface area (Å²) >= 11 is 0. The van der Waals surface area contributed by atoms with Gasteiger partial charge in [-0.1, -0.05) is 0 Å². The van der Waals surface area contributed by atoms with Crippen molar-refractivity contribution >= 4 is 32.7 Å². The Kier molecular flexibility index (Phi) is 3.61. The third-order valence-electron chi connectivity index (χ3n) is 2.33. The highest BCUT2D eigenvalue weighted by molar-refractivity contribution is 7.92. The number of hydrogen-bond acceptors (Lipinski definition) is 5. The van der Waals surface area contributed by atoms with Gasteiger partial charge in [0.25, 0.3) is 0 Å². The SMILES string of the molecule is O=C(O)CCS(=O)(=O)Nc1ccc2nccnc2c1. The van der Waals surface area contributed by atoms with Gasteiger partial charge in [0.2, 0.25) is 10.0 Å². The largest absolute Gasteiger partial charge is 0.481 e. The van der Waals surface area contributed by atoms with Crippen LogP contribution in [0, 0.1) is 0 Å². The van der Waals surface area contributed by atoms with E-state index in [1.807, 2.05) is 0 Å². The van der Waals surface area contributed by atoms with Crippen LogP contribution in [0.2, 0.25) is 0 Å². The standard InChI is InChI=1S/C11H11N3O4S/c15-11(16)3-6-19(17,18)14-8-1-2-9-10(7-8)13-5-4-12-9/h1-2,4-5,7,14H,3,6H2,(H,15,16). The number of benzene rings is 1. The van der Waals surface area contributed by atoms with Crippen LogP contribution in [0.15, 0.2) is 30.6 Å². The Morgan fingerprint density at radius 2 is 1.89 bits per heavy atom. The summed E-state index contributed by atoms with van der Waals surface area (Å²) in [5.74, 6) is -1.63. The van der Waals surface area contributed by atoms with E-state index in [1.165, 1.54) is 6.20 Å². The molecule has 0 atom stereocenters. The van der Waals surface area contributed by atoms with Crippen molar-refractivity contribution in [3.05, 3.63) is 30.6 Å². The van der Waals surface area contributed by atoms with Crippen LogP contribution in [0.3, 0.4) is 0 Å². The van der Waals surface area contributed by atoms with Gasteiger partial charge in [0.15, 0.2) is 0 Å². The summed E-state index contributed by atoms with van der Waals surface area (Å²) in [5, 5.41) is 8.47. The molecule has 0 bridgehead atoms. The molecule has 0 amide bonds. The molecule has 0 saturated heterocycles. The van der Waals surface area contributed by atoms with Gasteiger partial charge in [-0.3, -0.25) is 19.5 Å². The number of fused-ring (bicyclic) bond motifs is 1. The molecule has 19 heavy (non-hydrogen) atoms. The Morgan fingerprint density at radius 1 is 1.21 bits per heavy atom. The highest BCUT2D eigenvalue weighted by Crippen LogP contribution is 2.16. The second-order valence-electron chi connectivity index (χ2n) is 3.82. The number of carbonyl (C=O) groups is 1. The number of hydrogen-bond donors (Lipinski definition) is 2. The molecule has 8 heteroatoms. The van der Waals surface area contributed by atoms with Crippen molar-refractivity contribution in [2.75, 3.05) is 10.5 Å². The quantitative estimate of drug-likeness (QED) is 0.840. The number of aliphatic carboxylic acids is 1. The molecule has 0 aliphatic carbocycles. The molecule has 0 spiro atoms. The second kappa shape index (κ2) is 5.19. The molecule has 1 aromatic carbocycles. The summed E-state index contributed by atoms with van der Waals surface area (Å²) in [7, 11) is -3.68. The summed E-state index contributed by atoms with van der Waals surface area (Å²) in [6.45, 7) is 0. The molecule has 0 aliphatic heterocycles. The number of anilines is 1. The molecule has 2 N–H and O–H groups in total. The number of rotatable bonds is 5. The molecule has 100 valence electrons. The zero-order valence-electron chi connectivity index (χ0n) is 9.78. The van der Waals surface area contributed by atoms with Crippen molar-refractivity contribution in [2.45, 2.75) is 6.42 Å². The van der Waals surface area contributed by atoms with Crippen molar-refractivity contribution in [3.8, 4) is 0 Å². The fraction of sp³-hybridized carbons (Fsp3) is 0.182. The second-order valence-corrected chi connectivity index (χ2v) is 5.67. The molecule has 1 aromatic heterocycles. The van der Waals surface area contributed by atoms with E-state index < -0.39 is 28.2 Å². The molecule has 7 nitrogen and oxygen atoms in total. The lowest BCUT2D eigenvalue weighted by Crippen LogP contribution is -2.18. The molecule has 0 fully saturated rings. The molecule has 0 unspecified atom stereocenters. The van der Waals surface area contributed by atoms with Gasteiger partial charge in [0.05, 0.1) is 28.9 Å². The van der Waals surface area contributed by atoms with E-state index in [1.54, 1.807) is 24.4 Å². The highest BCUT2D eigenvalue weighted by atomic mass is 32.2. The fourth-order valence-electron chi connectivity index (χ4n) is 1.48. The van der Waals surface area contributed by atoms with Crippen LogP contribution in [0.25, 0.3) is 11.0 Å². The van der Waals surface area contributed by atoms with E-state index in [0.717, 1.165) is 0 Å². The van der Waals surface area contributed by atoms with Crippen LogP contribution in [0.1, 0.15) is 6.42 Å². The van der Waals surface area contributed by atoms with Crippen LogP contribution in [-0.4, -0.2) is 35.2 Å². The van der Waals surface area contributed by atoms with Gasteiger partial charge < -0.3 is 5.11 Å². The monoisotopic (exact) mass is 281 g/mol. The minimum atomic E-state index is -3.68. The van der Waals surface area contributed by atoms with Crippen molar-refractivity contribution in [2.24, 2.45) is 0 Å². The first kappa shape index (κ1) is 13.2. The average molecular weight is 281 g/mol. The van der Waals surface area contributed by atoms with Gasteiger partial charge >= 0.3 is 5.97 Å². The number of nitrogens with one attached hydrogen (secondary N) is 1. The maximum absolute atomic E-state index is 11.6. The topological polar surface area (TPSA) is 109 Å². The number of carboxylic acid groups (broad SMARTS) is 1. The minimum absolute atomic E-state index is 0.332. The van der Waals surface area contributed by atoms with Crippen molar-refractivity contribution in [3.63, 3.8) is 0 Å². The zero-order valence-corrected chi connectivity index (χ0v) is 10.6. The summed E-state index contributed by atoms with van der Waals surface area (Å²) in [5.41, 5.74) is 1.54. The Labute approximate surface area is 109 Å². The van der Waals surface area contributed by atoms with Crippen LogP contribution < -0.4 is 4.72 Å². The summed E-state index contributed by atoms with van der Waals surface area (Å²) in [6.07, 6.45) is 2.60. The highest BCUT2D eigenvalue weighted by Gasteiger charge is 2.13. The predicted octanol–water partition coefficient (Wildman–Crippen LogP) is 0.846. The smallest absolute Gasteiger partial charge is 0.304 e. The molecule has 2 rings (SSSR count). The number of sulfonamides is 1. The minimum Gasteiger partial charge on any atom is -0.481 e.